The summed E-state index contributed by atoms with van der Waals surface area (Å²) in [6.07, 6.45) is 2.12. The largest absolute Gasteiger partial charge is 0.497 e. The summed E-state index contributed by atoms with van der Waals surface area (Å²) < 4.78 is 11.3. The average molecular weight is 299 g/mol. The molecule has 2 aromatic carbocycles. The lowest BCUT2D eigenvalue weighted by molar-refractivity contribution is 0.299. The van der Waals surface area contributed by atoms with Crippen LogP contribution < -0.4 is 9.47 Å². The molecule has 2 rings (SSSR count). The molecule has 22 heavy (non-hydrogen) atoms. The van der Waals surface area contributed by atoms with Crippen molar-refractivity contribution in [1.29, 1.82) is 0 Å². The molecule has 0 saturated carbocycles. The Hall–Kier alpha value is -2.00. The van der Waals surface area contributed by atoms with Gasteiger partial charge < -0.3 is 14.4 Å². The lowest BCUT2D eigenvalue weighted by atomic mass is 10.1. The third-order valence-corrected chi connectivity index (χ3v) is 3.56. The van der Waals surface area contributed by atoms with Crippen LogP contribution in [0.25, 0.3) is 0 Å². The Morgan fingerprint density at radius 3 is 2.45 bits per heavy atom. The molecule has 0 fully saturated rings. The van der Waals surface area contributed by atoms with Gasteiger partial charge in [0, 0.05) is 6.07 Å². The molecule has 2 aromatic rings. The minimum absolute atomic E-state index is 0.578. The van der Waals surface area contributed by atoms with E-state index in [-0.39, 0.29) is 0 Å². The lowest BCUT2D eigenvalue weighted by Gasteiger charge is -2.14. The zero-order valence-corrected chi connectivity index (χ0v) is 13.7. The highest BCUT2D eigenvalue weighted by molar-refractivity contribution is 5.41. The highest BCUT2D eigenvalue weighted by Gasteiger charge is 2.07. The van der Waals surface area contributed by atoms with Gasteiger partial charge in [0.25, 0.3) is 0 Å². The second kappa shape index (κ2) is 8.44. The summed E-state index contributed by atoms with van der Waals surface area (Å²) in [6, 6.07) is 16.3. The van der Waals surface area contributed by atoms with E-state index in [1.807, 2.05) is 30.3 Å². The van der Waals surface area contributed by atoms with Gasteiger partial charge in [0.05, 0.1) is 7.11 Å². The zero-order valence-electron chi connectivity index (χ0n) is 13.7. The molecule has 0 spiro atoms. The van der Waals surface area contributed by atoms with Crippen molar-refractivity contribution < 1.29 is 9.47 Å². The second-order valence-corrected chi connectivity index (χ2v) is 5.65. The van der Waals surface area contributed by atoms with E-state index in [0.29, 0.717) is 6.61 Å². The van der Waals surface area contributed by atoms with Gasteiger partial charge >= 0.3 is 0 Å². The van der Waals surface area contributed by atoms with Crippen LogP contribution >= 0.6 is 0 Å². The number of hydrogen-bond donors (Lipinski definition) is 0. The molecule has 0 amide bonds. The summed E-state index contributed by atoms with van der Waals surface area (Å²) in [5.74, 6) is 1.75. The first-order valence-corrected chi connectivity index (χ1v) is 7.67. The Balaban J connectivity index is 2.05. The van der Waals surface area contributed by atoms with Crippen molar-refractivity contribution >= 4 is 0 Å². The van der Waals surface area contributed by atoms with Gasteiger partial charge in [-0.1, -0.05) is 36.4 Å². The summed E-state index contributed by atoms with van der Waals surface area (Å²) in [5, 5.41) is 0. The Morgan fingerprint density at radius 1 is 1.00 bits per heavy atom. The first-order valence-electron chi connectivity index (χ1n) is 7.67. The van der Waals surface area contributed by atoms with Crippen LogP contribution in [0.1, 0.15) is 17.5 Å². The Morgan fingerprint density at radius 2 is 1.77 bits per heavy atom. The molecule has 0 aliphatic rings. The number of ether oxygens (including phenoxy) is 2. The van der Waals surface area contributed by atoms with E-state index in [9.17, 15) is 0 Å². The average Bonchev–Trinajstić information content (AvgIpc) is 2.54. The third kappa shape index (κ3) is 5.08. The lowest BCUT2D eigenvalue weighted by Crippen LogP contribution is -2.13. The van der Waals surface area contributed by atoms with Gasteiger partial charge in [0.1, 0.15) is 18.1 Å². The summed E-state index contributed by atoms with van der Waals surface area (Å²) in [6.45, 7) is 1.65. The highest BCUT2D eigenvalue weighted by atomic mass is 16.5. The third-order valence-electron chi connectivity index (χ3n) is 3.56. The van der Waals surface area contributed by atoms with E-state index in [2.05, 4.69) is 37.2 Å². The van der Waals surface area contributed by atoms with Crippen LogP contribution in [0.15, 0.2) is 48.5 Å². The summed E-state index contributed by atoms with van der Waals surface area (Å²) in [5.41, 5.74) is 2.41. The molecular formula is C19H25NO2. The number of aryl methyl sites for hydroxylation is 1. The highest BCUT2D eigenvalue weighted by Crippen LogP contribution is 2.26. The molecule has 0 radical (unpaired) electrons. The summed E-state index contributed by atoms with van der Waals surface area (Å²) in [4.78, 5) is 2.20. The van der Waals surface area contributed by atoms with Crippen molar-refractivity contribution in [2.24, 2.45) is 0 Å². The maximum atomic E-state index is 6.03. The van der Waals surface area contributed by atoms with Gasteiger partial charge in [-0.15, -0.1) is 0 Å². The van der Waals surface area contributed by atoms with E-state index >= 15 is 0 Å². The molecule has 0 saturated heterocycles. The molecule has 0 heterocycles. The van der Waals surface area contributed by atoms with Crippen molar-refractivity contribution in [1.82, 2.24) is 4.90 Å². The monoisotopic (exact) mass is 299 g/mol. The summed E-state index contributed by atoms with van der Waals surface area (Å²) in [7, 11) is 5.88. The minimum Gasteiger partial charge on any atom is -0.497 e. The molecule has 3 heteroatoms. The molecular weight excluding hydrogens is 274 g/mol. The topological polar surface area (TPSA) is 21.7 Å². The minimum atomic E-state index is 0.578. The normalized spacial score (nSPS) is 10.7. The number of hydrogen-bond acceptors (Lipinski definition) is 3. The van der Waals surface area contributed by atoms with Crippen molar-refractivity contribution in [2.75, 3.05) is 27.7 Å². The zero-order chi connectivity index (χ0) is 15.8. The SMILES string of the molecule is COc1ccc(CCCN(C)C)c(OCc2ccccc2)c1. The predicted octanol–water partition coefficient (Wildman–Crippen LogP) is 3.77. The van der Waals surface area contributed by atoms with E-state index in [0.717, 1.165) is 30.9 Å². The van der Waals surface area contributed by atoms with Crippen LogP contribution in [0.3, 0.4) is 0 Å². The second-order valence-electron chi connectivity index (χ2n) is 5.65. The van der Waals surface area contributed by atoms with Crippen molar-refractivity contribution in [3.05, 3.63) is 59.7 Å². The van der Waals surface area contributed by atoms with E-state index in [4.69, 9.17) is 9.47 Å². The molecule has 3 nitrogen and oxygen atoms in total. The number of methoxy groups -OCH3 is 1. The first-order chi connectivity index (χ1) is 10.7. The molecule has 0 unspecified atom stereocenters. The molecule has 0 atom stereocenters. The molecule has 0 aromatic heterocycles. The Labute approximate surface area is 133 Å². The standard InChI is InChI=1S/C19H25NO2/c1-20(2)13-7-10-17-11-12-18(21-3)14-19(17)22-15-16-8-5-4-6-9-16/h4-6,8-9,11-12,14H,7,10,13,15H2,1-3H3. The fourth-order valence-corrected chi connectivity index (χ4v) is 2.32. The van der Waals surface area contributed by atoms with E-state index in [1.54, 1.807) is 7.11 Å². The van der Waals surface area contributed by atoms with Crippen LogP contribution in [0, 0.1) is 0 Å². The Kier molecular flexibility index (Phi) is 6.28. The molecule has 0 aliphatic carbocycles. The summed E-state index contributed by atoms with van der Waals surface area (Å²) >= 11 is 0. The molecule has 0 bridgehead atoms. The quantitative estimate of drug-likeness (QED) is 0.740. The van der Waals surface area contributed by atoms with Crippen LogP contribution in [-0.2, 0) is 13.0 Å². The number of nitrogens with zero attached hydrogens (tertiary/aromatic N) is 1. The van der Waals surface area contributed by atoms with Crippen LogP contribution in [0.2, 0.25) is 0 Å². The van der Waals surface area contributed by atoms with E-state index < -0.39 is 0 Å². The van der Waals surface area contributed by atoms with Gasteiger partial charge in [0.2, 0.25) is 0 Å². The molecule has 118 valence electrons. The number of benzene rings is 2. The Bertz CT molecular complexity index is 567. The van der Waals surface area contributed by atoms with Gasteiger partial charge in [-0.25, -0.2) is 0 Å². The first kappa shape index (κ1) is 16.4. The maximum absolute atomic E-state index is 6.03. The smallest absolute Gasteiger partial charge is 0.126 e. The molecule has 0 aliphatic heterocycles. The van der Waals surface area contributed by atoms with Crippen molar-refractivity contribution in [3.63, 3.8) is 0 Å². The van der Waals surface area contributed by atoms with Gasteiger partial charge in [-0.3, -0.25) is 0 Å². The fourth-order valence-electron chi connectivity index (χ4n) is 2.32. The maximum Gasteiger partial charge on any atom is 0.126 e. The number of rotatable bonds is 8. The van der Waals surface area contributed by atoms with Gasteiger partial charge in [0.15, 0.2) is 0 Å². The van der Waals surface area contributed by atoms with Crippen LogP contribution in [-0.4, -0.2) is 32.6 Å². The molecule has 0 N–H and O–H groups in total. The van der Waals surface area contributed by atoms with Gasteiger partial charge in [-0.05, 0) is 50.7 Å². The fraction of sp³-hybridized carbons (Fsp3) is 0.368. The van der Waals surface area contributed by atoms with Crippen LogP contribution in [0.4, 0.5) is 0 Å². The van der Waals surface area contributed by atoms with Gasteiger partial charge in [-0.2, -0.15) is 0 Å². The van der Waals surface area contributed by atoms with Crippen molar-refractivity contribution in [2.45, 2.75) is 19.4 Å². The predicted molar refractivity (Wildman–Crippen MR) is 90.6 cm³/mol. The van der Waals surface area contributed by atoms with Crippen LogP contribution in [0.5, 0.6) is 11.5 Å². The van der Waals surface area contributed by atoms with Crippen molar-refractivity contribution in [3.8, 4) is 11.5 Å². The van der Waals surface area contributed by atoms with E-state index in [1.165, 1.54) is 11.1 Å².